The molecule has 1 atom stereocenters. The summed E-state index contributed by atoms with van der Waals surface area (Å²) in [5.41, 5.74) is 1.00. The van der Waals surface area contributed by atoms with E-state index in [1.54, 1.807) is 24.8 Å². The van der Waals surface area contributed by atoms with Gasteiger partial charge in [-0.15, -0.1) is 11.3 Å². The lowest BCUT2D eigenvalue weighted by Gasteiger charge is -2.18. The molecule has 1 N–H and O–H groups in total. The summed E-state index contributed by atoms with van der Waals surface area (Å²) in [6.45, 7) is 3.16. The molecular formula is C15H21N3OS. The minimum absolute atomic E-state index is 0.244. The van der Waals surface area contributed by atoms with Crippen molar-refractivity contribution in [2.45, 2.75) is 32.2 Å². The molecule has 2 aromatic rings. The predicted molar refractivity (Wildman–Crippen MR) is 82.3 cm³/mol. The Bertz CT molecular complexity index is 502. The zero-order valence-electron chi connectivity index (χ0n) is 12.0. The first-order valence-electron chi connectivity index (χ1n) is 6.95. The van der Waals surface area contributed by atoms with E-state index in [-0.39, 0.29) is 6.04 Å². The average molecular weight is 291 g/mol. The SMILES string of the molecule is CCCNC(CCc1cccs1)c1cc(OC)ncn1. The summed E-state index contributed by atoms with van der Waals surface area (Å²) in [4.78, 5) is 9.87. The maximum absolute atomic E-state index is 5.18. The second-order valence-corrected chi connectivity index (χ2v) is 5.64. The molecule has 5 heteroatoms. The van der Waals surface area contributed by atoms with Gasteiger partial charge in [-0.05, 0) is 37.3 Å². The van der Waals surface area contributed by atoms with Gasteiger partial charge in [-0.3, -0.25) is 0 Å². The first-order chi connectivity index (χ1) is 9.83. The highest BCUT2D eigenvalue weighted by Gasteiger charge is 2.13. The Morgan fingerprint density at radius 3 is 3.00 bits per heavy atom. The number of ether oxygens (including phenoxy) is 1. The summed E-state index contributed by atoms with van der Waals surface area (Å²) in [6, 6.07) is 6.44. The third kappa shape index (κ3) is 4.28. The largest absolute Gasteiger partial charge is 0.481 e. The van der Waals surface area contributed by atoms with Crippen LogP contribution >= 0.6 is 11.3 Å². The standard InChI is InChI=1S/C15H21N3OS/c1-3-8-16-13(7-6-12-5-4-9-20-12)14-10-15(19-2)18-11-17-14/h4-5,9-11,13,16H,3,6-8H2,1-2H3. The van der Waals surface area contributed by atoms with Crippen LogP contribution in [0.15, 0.2) is 29.9 Å². The second-order valence-electron chi connectivity index (χ2n) is 4.61. The average Bonchev–Trinajstić information content (AvgIpc) is 3.01. The van der Waals surface area contributed by atoms with Crippen molar-refractivity contribution in [2.24, 2.45) is 0 Å². The van der Waals surface area contributed by atoms with Gasteiger partial charge >= 0.3 is 0 Å². The Kier molecular flexibility index (Phi) is 5.95. The van der Waals surface area contributed by atoms with E-state index >= 15 is 0 Å². The van der Waals surface area contributed by atoms with Crippen molar-refractivity contribution < 1.29 is 4.74 Å². The summed E-state index contributed by atoms with van der Waals surface area (Å²) in [5, 5.41) is 5.68. The van der Waals surface area contributed by atoms with Crippen molar-refractivity contribution in [3.63, 3.8) is 0 Å². The van der Waals surface area contributed by atoms with E-state index in [2.05, 4.69) is 39.7 Å². The van der Waals surface area contributed by atoms with Crippen molar-refractivity contribution in [3.05, 3.63) is 40.5 Å². The fourth-order valence-corrected chi connectivity index (χ4v) is 2.79. The van der Waals surface area contributed by atoms with Gasteiger partial charge < -0.3 is 10.1 Å². The monoisotopic (exact) mass is 291 g/mol. The number of nitrogens with one attached hydrogen (secondary N) is 1. The summed E-state index contributed by atoms with van der Waals surface area (Å²) >= 11 is 1.81. The third-order valence-electron chi connectivity index (χ3n) is 3.13. The second kappa shape index (κ2) is 7.97. The number of hydrogen-bond donors (Lipinski definition) is 1. The van der Waals surface area contributed by atoms with Crippen LogP contribution in [-0.4, -0.2) is 23.6 Å². The Morgan fingerprint density at radius 2 is 2.30 bits per heavy atom. The van der Waals surface area contributed by atoms with E-state index < -0.39 is 0 Å². The quantitative estimate of drug-likeness (QED) is 0.811. The fraction of sp³-hybridized carbons (Fsp3) is 0.467. The van der Waals surface area contributed by atoms with E-state index in [0.29, 0.717) is 5.88 Å². The molecule has 2 heterocycles. The van der Waals surface area contributed by atoms with Gasteiger partial charge in [-0.1, -0.05) is 13.0 Å². The number of thiophene rings is 1. The van der Waals surface area contributed by atoms with Gasteiger partial charge in [0, 0.05) is 10.9 Å². The van der Waals surface area contributed by atoms with E-state index in [1.807, 2.05) is 6.07 Å². The molecule has 0 spiro atoms. The molecule has 1 unspecified atom stereocenters. The van der Waals surface area contributed by atoms with Gasteiger partial charge in [0.05, 0.1) is 18.8 Å². The molecule has 0 saturated carbocycles. The molecule has 0 aliphatic heterocycles. The third-order valence-corrected chi connectivity index (χ3v) is 4.07. The van der Waals surface area contributed by atoms with Crippen LogP contribution in [0.2, 0.25) is 0 Å². The van der Waals surface area contributed by atoms with E-state index in [9.17, 15) is 0 Å². The Labute approximate surface area is 124 Å². The van der Waals surface area contributed by atoms with Crippen molar-refractivity contribution in [1.29, 1.82) is 0 Å². The van der Waals surface area contributed by atoms with Crippen molar-refractivity contribution in [2.75, 3.05) is 13.7 Å². The summed E-state index contributed by atoms with van der Waals surface area (Å²) in [5.74, 6) is 0.620. The van der Waals surface area contributed by atoms with Crippen LogP contribution in [0.5, 0.6) is 5.88 Å². The topological polar surface area (TPSA) is 47.0 Å². The minimum Gasteiger partial charge on any atom is -0.481 e. The maximum Gasteiger partial charge on any atom is 0.216 e. The Balaban J connectivity index is 2.05. The molecule has 0 aliphatic rings. The summed E-state index contributed by atoms with van der Waals surface area (Å²) in [7, 11) is 1.63. The number of aryl methyl sites for hydroxylation is 1. The zero-order chi connectivity index (χ0) is 14.2. The molecule has 0 bridgehead atoms. The number of rotatable bonds is 8. The highest BCUT2D eigenvalue weighted by atomic mass is 32.1. The Morgan fingerprint density at radius 1 is 1.40 bits per heavy atom. The van der Waals surface area contributed by atoms with Crippen LogP contribution in [0.25, 0.3) is 0 Å². The Hall–Kier alpha value is -1.46. The summed E-state index contributed by atoms with van der Waals surface area (Å²) < 4.78 is 5.18. The molecule has 0 amide bonds. The molecule has 4 nitrogen and oxygen atoms in total. The molecule has 0 radical (unpaired) electrons. The molecule has 0 saturated heterocycles. The lowest BCUT2D eigenvalue weighted by atomic mass is 10.1. The first kappa shape index (κ1) is 14.9. The van der Waals surface area contributed by atoms with Gasteiger partial charge in [-0.25, -0.2) is 9.97 Å². The normalized spacial score (nSPS) is 12.3. The van der Waals surface area contributed by atoms with E-state index in [0.717, 1.165) is 31.5 Å². The van der Waals surface area contributed by atoms with E-state index in [1.165, 1.54) is 4.88 Å². The molecule has 0 aromatic carbocycles. The predicted octanol–water partition coefficient (Wildman–Crippen LogP) is 3.22. The lowest BCUT2D eigenvalue weighted by Crippen LogP contribution is -2.23. The maximum atomic E-state index is 5.18. The van der Waals surface area contributed by atoms with E-state index in [4.69, 9.17) is 4.74 Å². The lowest BCUT2D eigenvalue weighted by molar-refractivity contribution is 0.393. The van der Waals surface area contributed by atoms with Crippen LogP contribution in [0.1, 0.15) is 36.4 Å². The van der Waals surface area contributed by atoms with Crippen LogP contribution in [0.3, 0.4) is 0 Å². The van der Waals surface area contributed by atoms with Gasteiger partial charge in [0.25, 0.3) is 0 Å². The molecular weight excluding hydrogens is 270 g/mol. The number of aromatic nitrogens is 2. The van der Waals surface area contributed by atoms with Gasteiger partial charge in [0.15, 0.2) is 0 Å². The smallest absolute Gasteiger partial charge is 0.216 e. The fourth-order valence-electron chi connectivity index (χ4n) is 2.07. The highest BCUT2D eigenvalue weighted by Crippen LogP contribution is 2.21. The van der Waals surface area contributed by atoms with Gasteiger partial charge in [0.2, 0.25) is 5.88 Å². The molecule has 2 rings (SSSR count). The van der Waals surface area contributed by atoms with Crippen LogP contribution < -0.4 is 10.1 Å². The summed E-state index contributed by atoms with van der Waals surface area (Å²) in [6.07, 6.45) is 4.77. The van der Waals surface area contributed by atoms with Crippen LogP contribution in [-0.2, 0) is 6.42 Å². The number of methoxy groups -OCH3 is 1. The minimum atomic E-state index is 0.244. The highest BCUT2D eigenvalue weighted by molar-refractivity contribution is 7.09. The molecule has 20 heavy (non-hydrogen) atoms. The number of nitrogens with zero attached hydrogens (tertiary/aromatic N) is 2. The van der Waals surface area contributed by atoms with Crippen LogP contribution in [0, 0.1) is 0 Å². The van der Waals surface area contributed by atoms with Crippen molar-refractivity contribution in [1.82, 2.24) is 15.3 Å². The van der Waals surface area contributed by atoms with Gasteiger partial charge in [-0.2, -0.15) is 0 Å². The zero-order valence-corrected chi connectivity index (χ0v) is 12.8. The van der Waals surface area contributed by atoms with Crippen molar-refractivity contribution >= 4 is 11.3 Å². The first-order valence-corrected chi connectivity index (χ1v) is 7.83. The molecule has 0 fully saturated rings. The van der Waals surface area contributed by atoms with Crippen molar-refractivity contribution in [3.8, 4) is 5.88 Å². The van der Waals surface area contributed by atoms with Crippen LogP contribution in [0.4, 0.5) is 0 Å². The molecule has 108 valence electrons. The number of hydrogen-bond acceptors (Lipinski definition) is 5. The molecule has 0 aliphatic carbocycles. The van der Waals surface area contributed by atoms with Gasteiger partial charge in [0.1, 0.15) is 6.33 Å². The molecule has 2 aromatic heterocycles.